The first-order chi connectivity index (χ1) is 18.1. The molecule has 4 rings (SSSR count). The lowest BCUT2D eigenvalue weighted by atomic mass is 10.0. The quantitative estimate of drug-likeness (QED) is 0.308. The second-order valence-electron chi connectivity index (χ2n) is 9.02. The Balaban J connectivity index is 1.58. The summed E-state index contributed by atoms with van der Waals surface area (Å²) >= 11 is 0. The molecule has 0 radical (unpaired) electrons. The van der Waals surface area contributed by atoms with Gasteiger partial charge in [-0.3, -0.25) is 9.59 Å². The van der Waals surface area contributed by atoms with E-state index in [0.717, 1.165) is 22.3 Å². The van der Waals surface area contributed by atoms with Gasteiger partial charge in [-0.15, -0.1) is 0 Å². The minimum Gasteiger partial charge on any atom is -0.484 e. The largest absolute Gasteiger partial charge is 0.484 e. The van der Waals surface area contributed by atoms with Gasteiger partial charge in [-0.25, -0.2) is 0 Å². The third-order valence-corrected chi connectivity index (χ3v) is 6.16. The monoisotopic (exact) mass is 492 g/mol. The molecule has 0 fully saturated rings. The molecule has 0 aliphatic rings. The van der Waals surface area contributed by atoms with Crippen LogP contribution >= 0.6 is 0 Å². The Kier molecular flexibility index (Phi) is 9.08. The van der Waals surface area contributed by atoms with E-state index >= 15 is 0 Å². The van der Waals surface area contributed by atoms with E-state index in [1.54, 1.807) is 4.90 Å². The number of aryl methyl sites for hydroxylation is 1. The molecule has 2 amide bonds. The second kappa shape index (κ2) is 13.1. The first-order valence-corrected chi connectivity index (χ1v) is 12.5. The number of hydrogen-bond donors (Lipinski definition) is 1. The molecular weight excluding hydrogens is 460 g/mol. The number of nitrogens with zero attached hydrogens (tertiary/aromatic N) is 1. The van der Waals surface area contributed by atoms with Crippen LogP contribution in [-0.4, -0.2) is 29.4 Å². The summed E-state index contributed by atoms with van der Waals surface area (Å²) < 4.78 is 5.78. The SMILES string of the molecule is Cc1ccc(CNC(=O)C(Cc2ccccc2)N(Cc2ccccc2)C(=O)COc2ccccc2)cc1. The summed E-state index contributed by atoms with van der Waals surface area (Å²) in [6.45, 7) is 2.56. The Labute approximate surface area is 218 Å². The highest BCUT2D eigenvalue weighted by Crippen LogP contribution is 2.16. The van der Waals surface area contributed by atoms with Gasteiger partial charge in [-0.2, -0.15) is 0 Å². The number of carbonyl (C=O) groups excluding carboxylic acids is 2. The molecule has 5 nitrogen and oxygen atoms in total. The number of carbonyl (C=O) groups is 2. The Bertz CT molecular complexity index is 1260. The number of benzene rings is 4. The number of rotatable bonds is 11. The lowest BCUT2D eigenvalue weighted by molar-refractivity contribution is -0.142. The van der Waals surface area contributed by atoms with Crippen molar-refractivity contribution in [2.45, 2.75) is 32.5 Å². The first-order valence-electron chi connectivity index (χ1n) is 12.5. The standard InChI is InChI=1S/C32H32N2O3/c1-25-17-19-27(20-18-25)22-33-32(36)30(21-26-11-5-2-6-12-26)34(23-28-13-7-3-8-14-28)31(35)24-37-29-15-9-4-10-16-29/h2-20,30H,21-24H2,1H3,(H,33,36). The second-order valence-corrected chi connectivity index (χ2v) is 9.02. The third-order valence-electron chi connectivity index (χ3n) is 6.16. The van der Waals surface area contributed by atoms with Crippen LogP contribution in [0.25, 0.3) is 0 Å². The fourth-order valence-electron chi connectivity index (χ4n) is 4.09. The molecule has 1 atom stereocenters. The molecule has 0 bridgehead atoms. The predicted octanol–water partition coefficient (Wildman–Crippen LogP) is 5.33. The smallest absolute Gasteiger partial charge is 0.261 e. The molecule has 0 saturated carbocycles. The van der Waals surface area contributed by atoms with Crippen LogP contribution < -0.4 is 10.1 Å². The Hall–Kier alpha value is -4.38. The van der Waals surface area contributed by atoms with Gasteiger partial charge in [0.1, 0.15) is 11.8 Å². The molecule has 0 spiro atoms. The van der Waals surface area contributed by atoms with Crippen LogP contribution in [0.4, 0.5) is 0 Å². The summed E-state index contributed by atoms with van der Waals surface area (Å²) in [5.74, 6) is 0.159. The minimum absolute atomic E-state index is 0.159. The molecule has 0 aromatic heterocycles. The van der Waals surface area contributed by atoms with E-state index in [1.807, 2.05) is 122 Å². The lowest BCUT2D eigenvalue weighted by Crippen LogP contribution is -2.51. The van der Waals surface area contributed by atoms with E-state index in [-0.39, 0.29) is 18.4 Å². The van der Waals surface area contributed by atoms with Crippen molar-refractivity contribution in [1.29, 1.82) is 0 Å². The fraction of sp³-hybridized carbons (Fsp3) is 0.188. The molecule has 0 heterocycles. The van der Waals surface area contributed by atoms with Crippen LogP contribution in [0.2, 0.25) is 0 Å². The number of amides is 2. The average molecular weight is 493 g/mol. The van der Waals surface area contributed by atoms with Gasteiger partial charge in [0.05, 0.1) is 0 Å². The van der Waals surface area contributed by atoms with E-state index in [2.05, 4.69) is 5.32 Å². The number of nitrogens with one attached hydrogen (secondary N) is 1. The summed E-state index contributed by atoms with van der Waals surface area (Å²) in [5.41, 5.74) is 4.09. The molecule has 5 heteroatoms. The van der Waals surface area contributed by atoms with Crippen LogP contribution in [0.5, 0.6) is 5.75 Å². The van der Waals surface area contributed by atoms with Gasteiger partial charge in [0, 0.05) is 19.5 Å². The normalized spacial score (nSPS) is 11.4. The Morgan fingerprint density at radius 2 is 1.30 bits per heavy atom. The van der Waals surface area contributed by atoms with Crippen molar-refractivity contribution in [2.75, 3.05) is 6.61 Å². The molecule has 188 valence electrons. The van der Waals surface area contributed by atoms with Crippen molar-refractivity contribution in [3.63, 3.8) is 0 Å². The molecule has 1 N–H and O–H groups in total. The molecule has 0 saturated heterocycles. The van der Waals surface area contributed by atoms with Gasteiger partial charge in [0.15, 0.2) is 6.61 Å². The highest BCUT2D eigenvalue weighted by Gasteiger charge is 2.30. The third kappa shape index (κ3) is 7.80. The van der Waals surface area contributed by atoms with Gasteiger partial charge < -0.3 is 15.0 Å². The zero-order chi connectivity index (χ0) is 25.9. The van der Waals surface area contributed by atoms with Crippen molar-refractivity contribution in [1.82, 2.24) is 10.2 Å². The van der Waals surface area contributed by atoms with Gasteiger partial charge in [0.25, 0.3) is 5.91 Å². The van der Waals surface area contributed by atoms with E-state index in [0.29, 0.717) is 25.3 Å². The first kappa shape index (κ1) is 25.7. The van der Waals surface area contributed by atoms with Crippen molar-refractivity contribution in [3.05, 3.63) is 138 Å². The molecule has 37 heavy (non-hydrogen) atoms. The maximum atomic E-state index is 13.7. The van der Waals surface area contributed by atoms with E-state index in [4.69, 9.17) is 4.74 Å². The fourth-order valence-corrected chi connectivity index (χ4v) is 4.09. The lowest BCUT2D eigenvalue weighted by Gasteiger charge is -2.31. The zero-order valence-electron chi connectivity index (χ0n) is 21.0. The van der Waals surface area contributed by atoms with Gasteiger partial charge in [-0.1, -0.05) is 109 Å². The van der Waals surface area contributed by atoms with Crippen LogP contribution in [0, 0.1) is 6.92 Å². The number of para-hydroxylation sites is 1. The maximum absolute atomic E-state index is 13.7. The van der Waals surface area contributed by atoms with E-state index < -0.39 is 6.04 Å². The summed E-state index contributed by atoms with van der Waals surface area (Å²) in [6.07, 6.45) is 0.393. The van der Waals surface area contributed by atoms with Crippen LogP contribution in [-0.2, 0) is 29.1 Å². The molecular formula is C32H32N2O3. The Morgan fingerprint density at radius 3 is 1.92 bits per heavy atom. The summed E-state index contributed by atoms with van der Waals surface area (Å²) in [4.78, 5) is 28.9. The summed E-state index contributed by atoms with van der Waals surface area (Å²) in [7, 11) is 0. The van der Waals surface area contributed by atoms with E-state index in [1.165, 1.54) is 0 Å². The average Bonchev–Trinajstić information content (AvgIpc) is 2.95. The van der Waals surface area contributed by atoms with Crippen LogP contribution in [0.1, 0.15) is 22.3 Å². The van der Waals surface area contributed by atoms with Crippen molar-refractivity contribution < 1.29 is 14.3 Å². The highest BCUT2D eigenvalue weighted by atomic mass is 16.5. The predicted molar refractivity (Wildman–Crippen MR) is 146 cm³/mol. The van der Waals surface area contributed by atoms with E-state index in [9.17, 15) is 9.59 Å². The van der Waals surface area contributed by atoms with Crippen LogP contribution in [0.3, 0.4) is 0 Å². The topological polar surface area (TPSA) is 58.6 Å². The summed E-state index contributed by atoms with van der Waals surface area (Å²) in [6, 6.07) is 36.1. The van der Waals surface area contributed by atoms with Crippen molar-refractivity contribution >= 4 is 11.8 Å². The maximum Gasteiger partial charge on any atom is 0.261 e. The minimum atomic E-state index is -0.708. The van der Waals surface area contributed by atoms with Gasteiger partial charge in [0.2, 0.25) is 5.91 Å². The number of hydrogen-bond acceptors (Lipinski definition) is 3. The Morgan fingerprint density at radius 1 is 0.730 bits per heavy atom. The zero-order valence-corrected chi connectivity index (χ0v) is 21.0. The van der Waals surface area contributed by atoms with Crippen LogP contribution in [0.15, 0.2) is 115 Å². The molecule has 4 aromatic carbocycles. The molecule has 0 aliphatic heterocycles. The van der Waals surface area contributed by atoms with Gasteiger partial charge >= 0.3 is 0 Å². The highest BCUT2D eigenvalue weighted by molar-refractivity contribution is 5.88. The van der Waals surface area contributed by atoms with Crippen molar-refractivity contribution in [2.24, 2.45) is 0 Å². The molecule has 0 aliphatic carbocycles. The molecule has 4 aromatic rings. The van der Waals surface area contributed by atoms with Gasteiger partial charge in [-0.05, 0) is 35.7 Å². The van der Waals surface area contributed by atoms with Crippen molar-refractivity contribution in [3.8, 4) is 5.75 Å². The molecule has 1 unspecified atom stereocenters. The summed E-state index contributed by atoms with van der Waals surface area (Å²) in [5, 5.41) is 3.06. The number of ether oxygens (including phenoxy) is 1.